The molecule has 3 rings (SSSR count). The molecule has 3 heteroatoms. The molecule has 0 spiro atoms. The quantitative estimate of drug-likeness (QED) is 0.720. The summed E-state index contributed by atoms with van der Waals surface area (Å²) in [4.78, 5) is 0. The number of ether oxygens (including phenoxy) is 1. The first-order chi connectivity index (χ1) is 6.93. The summed E-state index contributed by atoms with van der Waals surface area (Å²) in [5.41, 5.74) is 1.02. The highest BCUT2D eigenvalue weighted by Gasteiger charge is 2.29. The Balaban J connectivity index is 1.74. The van der Waals surface area contributed by atoms with Crippen molar-refractivity contribution in [3.05, 3.63) is 17.5 Å². The van der Waals surface area contributed by atoms with E-state index in [0.29, 0.717) is 11.8 Å². The van der Waals surface area contributed by atoms with Gasteiger partial charge in [-0.2, -0.15) is 0 Å². The molecular weight excluding hydrogens is 178 g/mol. The number of hydrogen-bond donors (Lipinski definition) is 0. The van der Waals surface area contributed by atoms with Crippen molar-refractivity contribution in [3.8, 4) is 0 Å². The molecule has 1 aromatic heterocycles. The highest BCUT2D eigenvalue weighted by Crippen LogP contribution is 2.41. The second-order valence-corrected chi connectivity index (χ2v) is 4.22. The monoisotopic (exact) mass is 192 g/mol. The maximum absolute atomic E-state index is 5.32. The SMILES string of the molecule is [c]1c(C2CCOCC2)noc1C1CC1. The van der Waals surface area contributed by atoms with Crippen LogP contribution in [0.25, 0.3) is 0 Å². The fourth-order valence-electron chi connectivity index (χ4n) is 1.94. The summed E-state index contributed by atoms with van der Waals surface area (Å²) in [5.74, 6) is 2.11. The van der Waals surface area contributed by atoms with Gasteiger partial charge in [0, 0.05) is 25.0 Å². The van der Waals surface area contributed by atoms with Gasteiger partial charge in [0.2, 0.25) is 0 Å². The third kappa shape index (κ3) is 1.57. The summed E-state index contributed by atoms with van der Waals surface area (Å²) in [6.07, 6.45) is 4.62. The predicted molar refractivity (Wildman–Crippen MR) is 50.1 cm³/mol. The van der Waals surface area contributed by atoms with Crippen LogP contribution in [0.4, 0.5) is 0 Å². The van der Waals surface area contributed by atoms with Crippen LogP contribution in [0, 0.1) is 6.07 Å². The van der Waals surface area contributed by atoms with Crippen LogP contribution in [0.15, 0.2) is 4.52 Å². The lowest BCUT2D eigenvalue weighted by atomic mass is 9.96. The van der Waals surface area contributed by atoms with Crippen LogP contribution in [-0.4, -0.2) is 18.4 Å². The summed E-state index contributed by atoms with van der Waals surface area (Å²) < 4.78 is 10.6. The summed E-state index contributed by atoms with van der Waals surface area (Å²) in [6.45, 7) is 1.70. The normalized spacial score (nSPS) is 24.0. The number of nitrogens with zero attached hydrogens (tertiary/aromatic N) is 1. The molecule has 1 aliphatic carbocycles. The van der Waals surface area contributed by atoms with Crippen molar-refractivity contribution in [2.45, 2.75) is 37.5 Å². The van der Waals surface area contributed by atoms with E-state index >= 15 is 0 Å². The topological polar surface area (TPSA) is 35.3 Å². The highest BCUT2D eigenvalue weighted by atomic mass is 16.5. The van der Waals surface area contributed by atoms with Gasteiger partial charge in [0.1, 0.15) is 5.76 Å². The smallest absolute Gasteiger partial charge is 0.148 e. The fourth-order valence-corrected chi connectivity index (χ4v) is 1.94. The van der Waals surface area contributed by atoms with Crippen LogP contribution in [-0.2, 0) is 4.74 Å². The van der Waals surface area contributed by atoms with Gasteiger partial charge >= 0.3 is 0 Å². The maximum Gasteiger partial charge on any atom is 0.148 e. The standard InChI is InChI=1S/C11H14NO2/c1-2-9(1)11-7-10(12-14-11)8-3-5-13-6-4-8/h8-9H,1-6H2. The zero-order valence-electron chi connectivity index (χ0n) is 8.16. The molecule has 75 valence electrons. The molecule has 3 nitrogen and oxygen atoms in total. The summed E-state index contributed by atoms with van der Waals surface area (Å²) in [5, 5.41) is 4.12. The van der Waals surface area contributed by atoms with E-state index in [9.17, 15) is 0 Å². The number of hydrogen-bond acceptors (Lipinski definition) is 3. The van der Waals surface area contributed by atoms with Crippen molar-refractivity contribution >= 4 is 0 Å². The van der Waals surface area contributed by atoms with E-state index in [0.717, 1.165) is 37.5 Å². The van der Waals surface area contributed by atoms with Crippen LogP contribution in [0.2, 0.25) is 0 Å². The maximum atomic E-state index is 5.32. The lowest BCUT2D eigenvalue weighted by molar-refractivity contribution is 0.0837. The van der Waals surface area contributed by atoms with Crippen molar-refractivity contribution in [2.75, 3.05) is 13.2 Å². The Bertz CT molecular complexity index is 311. The number of rotatable bonds is 2. The molecule has 14 heavy (non-hydrogen) atoms. The van der Waals surface area contributed by atoms with Crippen molar-refractivity contribution < 1.29 is 9.26 Å². The Hall–Kier alpha value is -0.830. The van der Waals surface area contributed by atoms with E-state index in [1.165, 1.54) is 12.8 Å². The molecule has 2 fully saturated rings. The van der Waals surface area contributed by atoms with Gasteiger partial charge in [-0.15, -0.1) is 0 Å². The average Bonchev–Trinajstić information content (AvgIpc) is 2.98. The Morgan fingerprint density at radius 2 is 1.86 bits per heavy atom. The second kappa shape index (κ2) is 3.39. The van der Waals surface area contributed by atoms with Crippen molar-refractivity contribution in [2.24, 2.45) is 0 Å². The van der Waals surface area contributed by atoms with Crippen LogP contribution >= 0.6 is 0 Å². The van der Waals surface area contributed by atoms with E-state index in [-0.39, 0.29) is 0 Å². The molecule has 1 saturated carbocycles. The molecule has 0 N–H and O–H groups in total. The minimum atomic E-state index is 0.514. The minimum Gasteiger partial charge on any atom is -0.381 e. The molecule has 0 atom stereocenters. The van der Waals surface area contributed by atoms with Crippen molar-refractivity contribution in [3.63, 3.8) is 0 Å². The Morgan fingerprint density at radius 3 is 2.57 bits per heavy atom. The van der Waals surface area contributed by atoms with Gasteiger partial charge in [0.25, 0.3) is 0 Å². The van der Waals surface area contributed by atoms with E-state index in [1.54, 1.807) is 0 Å². The predicted octanol–water partition coefficient (Wildman–Crippen LogP) is 2.25. The average molecular weight is 192 g/mol. The zero-order valence-corrected chi connectivity index (χ0v) is 8.16. The summed E-state index contributed by atoms with van der Waals surface area (Å²) >= 11 is 0. The third-order valence-corrected chi connectivity index (χ3v) is 3.05. The number of aromatic nitrogens is 1. The molecule has 0 amide bonds. The van der Waals surface area contributed by atoms with Gasteiger partial charge in [0.05, 0.1) is 11.8 Å². The molecule has 0 bridgehead atoms. The van der Waals surface area contributed by atoms with E-state index in [2.05, 4.69) is 11.2 Å². The molecule has 2 heterocycles. The minimum absolute atomic E-state index is 0.514. The zero-order chi connectivity index (χ0) is 9.38. The lowest BCUT2D eigenvalue weighted by Gasteiger charge is -2.19. The van der Waals surface area contributed by atoms with Crippen LogP contribution < -0.4 is 0 Å². The highest BCUT2D eigenvalue weighted by molar-refractivity contribution is 5.15. The van der Waals surface area contributed by atoms with Gasteiger partial charge in [-0.25, -0.2) is 0 Å². The molecule has 1 aromatic rings. The molecule has 1 radical (unpaired) electrons. The first kappa shape index (κ1) is 8.48. The van der Waals surface area contributed by atoms with E-state index in [4.69, 9.17) is 9.26 Å². The third-order valence-electron chi connectivity index (χ3n) is 3.05. The van der Waals surface area contributed by atoms with Crippen molar-refractivity contribution in [1.29, 1.82) is 0 Å². The van der Waals surface area contributed by atoms with Gasteiger partial charge in [-0.05, 0) is 25.7 Å². The Kier molecular flexibility index (Phi) is 2.05. The van der Waals surface area contributed by atoms with Crippen LogP contribution in [0.5, 0.6) is 0 Å². The van der Waals surface area contributed by atoms with E-state index < -0.39 is 0 Å². The first-order valence-electron chi connectivity index (χ1n) is 5.40. The molecule has 0 unspecified atom stereocenters. The van der Waals surface area contributed by atoms with Gasteiger partial charge in [0.15, 0.2) is 0 Å². The first-order valence-corrected chi connectivity index (χ1v) is 5.40. The molecular formula is C11H14NO2. The molecule has 1 saturated heterocycles. The van der Waals surface area contributed by atoms with Gasteiger partial charge < -0.3 is 9.26 Å². The Morgan fingerprint density at radius 1 is 1.07 bits per heavy atom. The molecule has 2 aliphatic rings. The summed E-state index contributed by atoms with van der Waals surface area (Å²) in [6, 6.07) is 3.31. The molecule has 0 aromatic carbocycles. The van der Waals surface area contributed by atoms with Crippen molar-refractivity contribution in [1.82, 2.24) is 5.16 Å². The van der Waals surface area contributed by atoms with E-state index in [1.807, 2.05) is 0 Å². The largest absolute Gasteiger partial charge is 0.381 e. The van der Waals surface area contributed by atoms with Gasteiger partial charge in [-0.1, -0.05) is 5.16 Å². The lowest BCUT2D eigenvalue weighted by Crippen LogP contribution is -2.14. The van der Waals surface area contributed by atoms with Crippen LogP contribution in [0.3, 0.4) is 0 Å². The molecule has 1 aliphatic heterocycles. The fraction of sp³-hybridized carbons (Fsp3) is 0.727. The van der Waals surface area contributed by atoms with Gasteiger partial charge in [-0.3, -0.25) is 0 Å². The second-order valence-electron chi connectivity index (χ2n) is 4.22. The van der Waals surface area contributed by atoms with Crippen LogP contribution in [0.1, 0.15) is 49.0 Å². The Labute approximate surface area is 83.4 Å². The summed E-state index contributed by atoms with van der Waals surface area (Å²) in [7, 11) is 0.